The Hall–Kier alpha value is 0.412. The molecule has 17 atom stereocenters. The summed E-state index contributed by atoms with van der Waals surface area (Å²) in [5.41, 5.74) is 0. The second kappa shape index (κ2) is 13.5. The van der Waals surface area contributed by atoms with Crippen molar-refractivity contribution in [2.75, 3.05) is 0 Å². The molecule has 14 heteroatoms. The lowest BCUT2D eigenvalue weighted by molar-refractivity contribution is 0.167. The largest absolute Gasteiger partial charge is 0.286 e. The van der Waals surface area contributed by atoms with Gasteiger partial charge in [-0.15, -0.1) is 0 Å². The highest BCUT2D eigenvalue weighted by Gasteiger charge is 2.57. The van der Waals surface area contributed by atoms with Gasteiger partial charge in [-0.05, 0) is 92.8 Å². The van der Waals surface area contributed by atoms with E-state index in [0.717, 1.165) is 12.8 Å². The van der Waals surface area contributed by atoms with Crippen molar-refractivity contribution in [3.63, 3.8) is 0 Å². The maximum atomic E-state index is 13.3. The molecule has 0 radical (unpaired) electrons. The van der Waals surface area contributed by atoms with Gasteiger partial charge in [0.05, 0.1) is 66.4 Å². The van der Waals surface area contributed by atoms with Crippen LogP contribution in [0.1, 0.15) is 96.3 Å². The zero-order valence-corrected chi connectivity index (χ0v) is 28.0. The molecule has 11 nitrogen and oxygen atoms in total. The van der Waals surface area contributed by atoms with E-state index in [4.69, 9.17) is 15.6 Å². The third-order valence-electron chi connectivity index (χ3n) is 14.3. The molecule has 5 saturated heterocycles. The molecule has 4 aliphatic carbocycles. The van der Waals surface area contributed by atoms with Gasteiger partial charge < -0.3 is 0 Å². The van der Waals surface area contributed by atoms with Crippen LogP contribution in [0.5, 0.6) is 0 Å². The third kappa shape index (κ3) is 5.77. The molecule has 0 spiro atoms. The zero-order valence-electron chi connectivity index (χ0n) is 26.4. The van der Waals surface area contributed by atoms with Crippen LogP contribution in [0, 0.1) is 47.3 Å². The fourth-order valence-electron chi connectivity index (χ4n) is 12.4. The molecule has 4 saturated carbocycles. The van der Waals surface area contributed by atoms with Crippen molar-refractivity contribution in [3.8, 4) is 0 Å². The molecule has 5 heterocycles. The molecule has 17 unspecified atom stereocenters. The Balaban J connectivity index is 0.00000312. The van der Waals surface area contributed by atoms with Crippen LogP contribution in [-0.2, 0) is 13.9 Å². The van der Waals surface area contributed by atoms with Gasteiger partial charge >= 0.3 is 0 Å². The van der Waals surface area contributed by atoms with Gasteiger partial charge in [-0.1, -0.05) is 44.9 Å². The minimum absolute atomic E-state index is 0. The predicted molar refractivity (Wildman–Crippen MR) is 182 cm³/mol. The van der Waals surface area contributed by atoms with E-state index < -0.39 is 15.4 Å². The van der Waals surface area contributed by atoms with E-state index in [2.05, 4.69) is 42.5 Å². The van der Waals surface area contributed by atoms with Crippen molar-refractivity contribution in [1.29, 1.82) is 0 Å². The maximum absolute atomic E-state index is 13.3. The summed E-state index contributed by atoms with van der Waals surface area (Å²) in [4.78, 5) is 0. The van der Waals surface area contributed by atoms with Crippen LogP contribution in [0.2, 0.25) is 0 Å². The van der Waals surface area contributed by atoms with Crippen LogP contribution in [0.4, 0.5) is 0 Å². The van der Waals surface area contributed by atoms with E-state index in [0.29, 0.717) is 54.3 Å². The number of hydrogen-bond donors (Lipinski definition) is 8. The van der Waals surface area contributed by atoms with Crippen LogP contribution in [-0.4, -0.2) is 80.4 Å². The average Bonchev–Trinajstić information content (AvgIpc) is 3.80. The number of hydrogen-bond acceptors (Lipinski definition) is 11. The van der Waals surface area contributed by atoms with Gasteiger partial charge in [0.25, 0.3) is 10.1 Å². The van der Waals surface area contributed by atoms with Gasteiger partial charge in [0, 0.05) is 5.92 Å². The van der Waals surface area contributed by atoms with Gasteiger partial charge in [0.15, 0.2) is 17.4 Å². The van der Waals surface area contributed by atoms with Crippen molar-refractivity contribution >= 4 is 39.3 Å². The fourth-order valence-corrected chi connectivity index (χ4v) is 14.0. The zero-order chi connectivity index (χ0) is 30.3. The van der Waals surface area contributed by atoms with E-state index in [1.54, 1.807) is 0 Å². The maximum Gasteiger partial charge on any atom is 0.286 e. The monoisotopic (exact) mass is 696 g/mol. The SMILES string of the molecule is O=S(=O)(OCl)C1CCCC2C3NC4NC(NC5NC(NC6NC(NC(N3)C21)C1CCCCC61)C1CCCCC51)C1CCCCC41.[AlH3]. The van der Waals surface area contributed by atoms with Crippen LogP contribution < -0.4 is 42.5 Å². The highest BCUT2D eigenvalue weighted by Crippen LogP contribution is 2.46. The molecule has 9 fully saturated rings. The van der Waals surface area contributed by atoms with Crippen molar-refractivity contribution < 1.29 is 12.2 Å². The summed E-state index contributed by atoms with van der Waals surface area (Å²) in [7, 11) is -3.89. The lowest BCUT2D eigenvalue weighted by Gasteiger charge is -2.38. The topological polar surface area (TPSA) is 140 Å². The fraction of sp³-hybridized carbons (Fsp3) is 1.00. The van der Waals surface area contributed by atoms with Crippen LogP contribution in [0.3, 0.4) is 0 Å². The first-order valence-corrected chi connectivity index (χ1v) is 20.4. The minimum atomic E-state index is -3.89. The number of rotatable bonds is 2. The Bertz CT molecular complexity index is 1210. The molecule has 0 amide bonds. The Morgan fingerprint density at radius 1 is 0.413 bits per heavy atom. The van der Waals surface area contributed by atoms with Crippen LogP contribution in [0.25, 0.3) is 0 Å². The number of nitrogens with one attached hydrogen (secondary N) is 8. The summed E-state index contributed by atoms with van der Waals surface area (Å²) in [6.07, 6.45) is 19.0. The van der Waals surface area contributed by atoms with Gasteiger partial charge in [-0.3, -0.25) is 42.5 Å². The van der Waals surface area contributed by atoms with E-state index in [1.165, 1.54) is 77.0 Å². The molecule has 0 aromatic rings. The first kappa shape index (κ1) is 33.6. The Kier molecular flexibility index (Phi) is 9.86. The van der Waals surface area contributed by atoms with E-state index in [9.17, 15) is 8.42 Å². The second-order valence-electron chi connectivity index (χ2n) is 16.3. The van der Waals surface area contributed by atoms with E-state index in [-0.39, 0.29) is 66.2 Å². The summed E-state index contributed by atoms with van der Waals surface area (Å²) < 4.78 is 31.3. The van der Waals surface area contributed by atoms with Gasteiger partial charge in [0.1, 0.15) is 0 Å². The first-order chi connectivity index (χ1) is 22.0. The van der Waals surface area contributed by atoms with Crippen molar-refractivity contribution in [2.45, 2.75) is 151 Å². The van der Waals surface area contributed by atoms with Crippen molar-refractivity contribution in [2.24, 2.45) is 47.3 Å². The molecule has 8 bridgehead atoms. The summed E-state index contributed by atoms with van der Waals surface area (Å²) in [6, 6.07) is 0. The van der Waals surface area contributed by atoms with E-state index >= 15 is 0 Å². The summed E-state index contributed by atoms with van der Waals surface area (Å²) >= 11 is 5.66. The summed E-state index contributed by atoms with van der Waals surface area (Å²) in [6.45, 7) is 0. The Morgan fingerprint density at radius 2 is 0.696 bits per heavy atom. The summed E-state index contributed by atoms with van der Waals surface area (Å²) in [5, 5.41) is 32.0. The normalized spacial score (nSPS) is 53.4. The van der Waals surface area contributed by atoms with Crippen LogP contribution >= 0.6 is 11.9 Å². The molecule has 5 aliphatic heterocycles. The lowest BCUT2D eigenvalue weighted by Crippen LogP contribution is -2.62. The molecule has 8 N–H and O–H groups in total. The lowest BCUT2D eigenvalue weighted by atomic mass is 9.76. The molecule has 260 valence electrons. The molecule has 46 heavy (non-hydrogen) atoms. The summed E-state index contributed by atoms with van der Waals surface area (Å²) in [5.74, 6) is 3.58. The average molecular weight is 697 g/mol. The van der Waals surface area contributed by atoms with Crippen molar-refractivity contribution in [1.82, 2.24) is 42.5 Å². The predicted octanol–water partition coefficient (Wildman–Crippen LogP) is 0.900. The highest BCUT2D eigenvalue weighted by molar-refractivity contribution is 7.88. The molecule has 0 aromatic carbocycles. The van der Waals surface area contributed by atoms with E-state index in [1.807, 2.05) is 0 Å². The molecule has 9 aliphatic rings. The molecule has 0 aromatic heterocycles. The standard InChI is InChI=1S/C32H55ClN8O3S.Al.3H/c33-44-45(42,43)23-15-7-14-22-24(23)32-40-30-21-13-6-5-12-20(21)28(38-30)36-26-17-9-2-1-8-16(17)25(34-26)35-27-18-10-3-4-11-19(18)29(37-27)39-31(22)41-32;;;;/h16-32,34-41H,1-15H2;;;;. The van der Waals surface area contributed by atoms with Gasteiger partial charge in [-0.2, -0.15) is 12.2 Å². The van der Waals surface area contributed by atoms with Gasteiger partial charge in [0.2, 0.25) is 0 Å². The molecular weight excluding hydrogens is 639 g/mol. The molecular formula is C32H58AlClN8O3S. The van der Waals surface area contributed by atoms with Crippen molar-refractivity contribution in [3.05, 3.63) is 0 Å². The quantitative estimate of drug-likeness (QED) is 0.196. The highest BCUT2D eigenvalue weighted by atomic mass is 35.5. The Labute approximate surface area is 291 Å². The van der Waals surface area contributed by atoms with Gasteiger partial charge in [-0.25, -0.2) is 0 Å². The second-order valence-corrected chi connectivity index (χ2v) is 18.4. The third-order valence-corrected chi connectivity index (χ3v) is 16.3. The Morgan fingerprint density at radius 3 is 1.02 bits per heavy atom. The number of fused-ring (bicyclic) bond motifs is 20. The van der Waals surface area contributed by atoms with Crippen LogP contribution in [0.15, 0.2) is 0 Å². The molecule has 9 rings (SSSR count). The smallest absolute Gasteiger partial charge is 0.286 e. The number of halogens is 1. The minimum Gasteiger partial charge on any atom is -0.286 e. The first-order valence-electron chi connectivity index (χ1n) is 18.6.